The van der Waals surface area contributed by atoms with Crippen LogP contribution in [-0.4, -0.2) is 16.1 Å². The molecule has 2 aliphatic rings. The van der Waals surface area contributed by atoms with Crippen LogP contribution in [-0.2, 0) is 0 Å². The molecular weight excluding hydrogens is 260 g/mol. The first-order valence-corrected chi connectivity index (χ1v) is 14.2. The van der Waals surface area contributed by atoms with Crippen LogP contribution in [0.1, 0.15) is 6.42 Å². The van der Waals surface area contributed by atoms with Gasteiger partial charge in [0.1, 0.15) is 0 Å². The molecule has 0 aromatic carbocycles. The third-order valence-corrected chi connectivity index (χ3v) is 7.94. The molecule has 2 aliphatic carbocycles. The van der Waals surface area contributed by atoms with Crippen molar-refractivity contribution in [2.75, 3.05) is 0 Å². The monoisotopic (exact) mass is 286 g/mol. The van der Waals surface area contributed by atoms with Crippen molar-refractivity contribution in [2.45, 2.75) is 45.7 Å². The normalized spacial score (nSPS) is 19.9. The van der Waals surface area contributed by atoms with Crippen LogP contribution in [0.25, 0.3) is 0 Å². The predicted molar refractivity (Wildman–Crippen MR) is 92.8 cm³/mol. The third-order valence-electron chi connectivity index (χ3n) is 3.79. The van der Waals surface area contributed by atoms with Crippen molar-refractivity contribution < 1.29 is 0 Å². The SMILES string of the molecule is C[Si](C)(C)C1=CC=C2C=CC=C([Si](C)(C)C)C(=C1)C2. The van der Waals surface area contributed by atoms with Gasteiger partial charge in [0.05, 0.1) is 16.1 Å². The Labute approximate surface area is 120 Å². The second-order valence-electron chi connectivity index (χ2n) is 7.65. The Bertz CT molecular complexity index is 527. The average molecular weight is 287 g/mol. The third kappa shape index (κ3) is 3.37. The molecule has 0 amide bonds. The molecule has 0 N–H and O–H groups in total. The van der Waals surface area contributed by atoms with Crippen molar-refractivity contribution in [1.82, 2.24) is 0 Å². The van der Waals surface area contributed by atoms with E-state index in [-0.39, 0.29) is 0 Å². The van der Waals surface area contributed by atoms with E-state index >= 15 is 0 Å². The molecule has 2 bridgehead atoms. The summed E-state index contributed by atoms with van der Waals surface area (Å²) >= 11 is 0. The summed E-state index contributed by atoms with van der Waals surface area (Å²) in [7, 11) is -2.53. The van der Waals surface area contributed by atoms with Crippen LogP contribution in [0.15, 0.2) is 58.0 Å². The van der Waals surface area contributed by atoms with E-state index in [1.807, 2.05) is 0 Å². The van der Waals surface area contributed by atoms with Gasteiger partial charge >= 0.3 is 0 Å². The highest BCUT2D eigenvalue weighted by Gasteiger charge is 2.26. The molecule has 0 unspecified atom stereocenters. The van der Waals surface area contributed by atoms with Crippen LogP contribution in [0, 0.1) is 0 Å². The van der Waals surface area contributed by atoms with Gasteiger partial charge in [0.2, 0.25) is 0 Å². The molecule has 102 valence electrons. The molecule has 0 heterocycles. The van der Waals surface area contributed by atoms with E-state index in [1.165, 1.54) is 5.57 Å². The van der Waals surface area contributed by atoms with Crippen molar-refractivity contribution >= 4 is 16.1 Å². The van der Waals surface area contributed by atoms with Crippen LogP contribution in [0.2, 0.25) is 39.3 Å². The molecular formula is C17H26Si2. The summed E-state index contributed by atoms with van der Waals surface area (Å²) < 4.78 is 0. The Balaban J connectivity index is 2.55. The summed E-state index contributed by atoms with van der Waals surface area (Å²) in [5, 5.41) is 3.20. The Morgan fingerprint density at radius 2 is 1.53 bits per heavy atom. The predicted octanol–water partition coefficient (Wildman–Crippen LogP) is 5.42. The molecule has 0 radical (unpaired) electrons. The topological polar surface area (TPSA) is 0 Å². The van der Waals surface area contributed by atoms with Crippen LogP contribution in [0.4, 0.5) is 0 Å². The fraction of sp³-hybridized carbons (Fsp3) is 0.412. The van der Waals surface area contributed by atoms with E-state index < -0.39 is 16.1 Å². The first kappa shape index (κ1) is 14.5. The van der Waals surface area contributed by atoms with Gasteiger partial charge in [-0.3, -0.25) is 0 Å². The van der Waals surface area contributed by atoms with Gasteiger partial charge in [-0.25, -0.2) is 0 Å². The van der Waals surface area contributed by atoms with Crippen molar-refractivity contribution in [2.24, 2.45) is 0 Å². The van der Waals surface area contributed by atoms with Crippen LogP contribution in [0.5, 0.6) is 0 Å². The van der Waals surface area contributed by atoms with Crippen LogP contribution < -0.4 is 0 Å². The average Bonchev–Trinajstić information content (AvgIpc) is 2.56. The zero-order valence-electron chi connectivity index (χ0n) is 13.2. The second-order valence-corrected chi connectivity index (χ2v) is 17.8. The minimum atomic E-state index is -1.28. The molecule has 0 atom stereocenters. The summed E-state index contributed by atoms with van der Waals surface area (Å²) in [6, 6.07) is 0. The van der Waals surface area contributed by atoms with E-state index in [2.05, 4.69) is 75.7 Å². The van der Waals surface area contributed by atoms with E-state index in [0.717, 1.165) is 6.42 Å². The molecule has 2 heteroatoms. The fourth-order valence-corrected chi connectivity index (χ4v) is 5.53. The first-order valence-electron chi connectivity index (χ1n) is 7.19. The summed E-state index contributed by atoms with van der Waals surface area (Å²) in [6.45, 7) is 14.7. The molecule has 0 saturated heterocycles. The van der Waals surface area contributed by atoms with Gasteiger partial charge in [0, 0.05) is 0 Å². The molecule has 19 heavy (non-hydrogen) atoms. The minimum Gasteiger partial charge on any atom is -0.0656 e. The fourth-order valence-electron chi connectivity index (χ4n) is 2.62. The van der Waals surface area contributed by atoms with Crippen molar-refractivity contribution in [3.05, 3.63) is 58.0 Å². The van der Waals surface area contributed by atoms with Gasteiger partial charge in [0.15, 0.2) is 0 Å². The summed E-state index contributed by atoms with van der Waals surface area (Å²) in [4.78, 5) is 0. The van der Waals surface area contributed by atoms with Crippen LogP contribution in [0.3, 0.4) is 0 Å². The van der Waals surface area contributed by atoms with Crippen molar-refractivity contribution in [1.29, 1.82) is 0 Å². The van der Waals surface area contributed by atoms with Gasteiger partial charge in [-0.2, -0.15) is 0 Å². The zero-order valence-corrected chi connectivity index (χ0v) is 15.2. The van der Waals surface area contributed by atoms with Gasteiger partial charge in [-0.15, -0.1) is 0 Å². The lowest BCUT2D eigenvalue weighted by Crippen LogP contribution is -2.27. The van der Waals surface area contributed by atoms with E-state index in [9.17, 15) is 0 Å². The van der Waals surface area contributed by atoms with E-state index in [4.69, 9.17) is 0 Å². The maximum absolute atomic E-state index is 2.51. The maximum Gasteiger partial charge on any atom is 0.0779 e. The lowest BCUT2D eigenvalue weighted by Gasteiger charge is -2.25. The van der Waals surface area contributed by atoms with E-state index in [0.29, 0.717) is 0 Å². The largest absolute Gasteiger partial charge is 0.0779 e. The zero-order chi connectivity index (χ0) is 14.3. The number of hydrogen-bond acceptors (Lipinski definition) is 0. The first-order chi connectivity index (χ1) is 8.68. The number of rotatable bonds is 2. The highest BCUT2D eigenvalue weighted by molar-refractivity contribution is 6.85. The summed E-state index contributed by atoms with van der Waals surface area (Å²) in [5.74, 6) is 0. The minimum absolute atomic E-state index is 1.11. The molecule has 2 rings (SSSR count). The molecule has 0 nitrogen and oxygen atoms in total. The van der Waals surface area contributed by atoms with E-state index in [1.54, 1.807) is 16.0 Å². The highest BCUT2D eigenvalue weighted by atomic mass is 28.3. The lowest BCUT2D eigenvalue weighted by atomic mass is 10.1. The highest BCUT2D eigenvalue weighted by Crippen LogP contribution is 2.34. The van der Waals surface area contributed by atoms with Crippen LogP contribution >= 0.6 is 0 Å². The van der Waals surface area contributed by atoms with Crippen molar-refractivity contribution in [3.63, 3.8) is 0 Å². The quantitative estimate of drug-likeness (QED) is 0.595. The van der Waals surface area contributed by atoms with Crippen molar-refractivity contribution in [3.8, 4) is 0 Å². The summed E-state index contributed by atoms with van der Waals surface area (Å²) in [6.07, 6.45) is 15.2. The van der Waals surface area contributed by atoms with Gasteiger partial charge < -0.3 is 0 Å². The number of hydrogen-bond donors (Lipinski definition) is 0. The molecule has 0 aliphatic heterocycles. The molecule has 0 aromatic heterocycles. The summed E-state index contributed by atoms with van der Waals surface area (Å²) in [5.41, 5.74) is 3.02. The molecule has 0 fully saturated rings. The standard InChI is InChI=1S/C17H26Si2/c1-18(2,3)16-11-10-14-8-7-9-17(19(4,5)6)15(12-14)13-16/h7-11,13H,12H2,1-6H3. The Hall–Kier alpha value is -0.866. The van der Waals surface area contributed by atoms with Gasteiger partial charge in [-0.1, -0.05) is 86.1 Å². The Kier molecular flexibility index (Phi) is 3.76. The molecule has 0 spiro atoms. The molecule has 0 aromatic rings. The Morgan fingerprint density at radius 3 is 2.11 bits per heavy atom. The Morgan fingerprint density at radius 1 is 0.842 bits per heavy atom. The van der Waals surface area contributed by atoms with Gasteiger partial charge in [-0.05, 0) is 17.6 Å². The second kappa shape index (κ2) is 4.91. The molecule has 0 saturated carbocycles. The number of fused-ring (bicyclic) bond motifs is 2. The maximum atomic E-state index is 2.51. The number of allylic oxidation sites excluding steroid dienone is 10. The lowest BCUT2D eigenvalue weighted by molar-refractivity contribution is 1.20. The van der Waals surface area contributed by atoms with Gasteiger partial charge in [0.25, 0.3) is 0 Å². The smallest absolute Gasteiger partial charge is 0.0656 e.